The highest BCUT2D eigenvalue weighted by Crippen LogP contribution is 2.67. The summed E-state index contributed by atoms with van der Waals surface area (Å²) in [5.74, 6) is -3.98. The number of fused-ring (bicyclic) bond motifs is 5. The summed E-state index contributed by atoms with van der Waals surface area (Å²) >= 11 is 0. The predicted octanol–water partition coefficient (Wildman–Crippen LogP) is 4.42. The van der Waals surface area contributed by atoms with Crippen molar-refractivity contribution in [3.8, 4) is 0 Å². The molecule has 0 aromatic rings. The summed E-state index contributed by atoms with van der Waals surface area (Å²) in [6.07, 6.45) is -2.31. The second-order valence-electron chi connectivity index (χ2n) is 27.8. The Morgan fingerprint density at radius 1 is 0.938 bits per heavy atom. The highest BCUT2D eigenvalue weighted by atomic mass is 16.7. The van der Waals surface area contributed by atoms with Crippen LogP contribution in [0.4, 0.5) is 0 Å². The zero-order valence-electron chi connectivity index (χ0n) is 51.7. The van der Waals surface area contributed by atoms with Crippen molar-refractivity contribution in [1.29, 1.82) is 0 Å². The fourth-order valence-corrected chi connectivity index (χ4v) is 16.7. The van der Waals surface area contributed by atoms with Crippen LogP contribution in [0.1, 0.15) is 154 Å². The lowest BCUT2D eigenvalue weighted by Crippen LogP contribution is -2.64. The first-order valence-electron chi connectivity index (χ1n) is 30.5. The Labute approximate surface area is 482 Å². The third kappa shape index (κ3) is 12.7. The molecule has 3 saturated carbocycles. The van der Waals surface area contributed by atoms with Gasteiger partial charge in [0.25, 0.3) is 5.91 Å². The maximum Gasteiger partial charge on any atom is 0.311 e. The molecule has 0 spiro atoms. The Bertz CT molecular complexity index is 2260. The second kappa shape index (κ2) is 25.1. The lowest BCUT2D eigenvalue weighted by molar-refractivity contribution is -0.313. The molecule has 0 aromatic carbocycles. The number of aliphatic hydroxyl groups is 7. The van der Waals surface area contributed by atoms with Crippen LogP contribution in [0.5, 0.6) is 0 Å². The quantitative estimate of drug-likeness (QED) is 0.0937. The van der Waals surface area contributed by atoms with Crippen molar-refractivity contribution < 1.29 is 78.6 Å². The lowest BCUT2D eigenvalue weighted by Gasteiger charge is -2.60. The van der Waals surface area contributed by atoms with Crippen LogP contribution in [0.3, 0.4) is 0 Å². The summed E-state index contributed by atoms with van der Waals surface area (Å²) in [5.41, 5.74) is -6.62. The highest BCUT2D eigenvalue weighted by molar-refractivity contribution is 6.01. The summed E-state index contributed by atoms with van der Waals surface area (Å²) in [7, 11) is 5.40. The average Bonchev–Trinajstić information content (AvgIpc) is 3.26. The van der Waals surface area contributed by atoms with Crippen molar-refractivity contribution in [2.75, 3.05) is 40.8 Å². The van der Waals surface area contributed by atoms with Gasteiger partial charge in [-0.25, -0.2) is 0 Å². The largest absolute Gasteiger partial charge is 0.459 e. The second-order valence-corrected chi connectivity index (χ2v) is 27.8. The van der Waals surface area contributed by atoms with Crippen molar-refractivity contribution in [2.45, 2.75) is 256 Å². The van der Waals surface area contributed by atoms with Crippen molar-refractivity contribution in [3.63, 3.8) is 0 Å². The van der Waals surface area contributed by atoms with Gasteiger partial charge in [-0.15, -0.1) is 0 Å². The van der Waals surface area contributed by atoms with Crippen LogP contribution in [0, 0.1) is 52.3 Å². The molecule has 19 heteroatoms. The molecule has 8 unspecified atom stereocenters. The van der Waals surface area contributed by atoms with Crippen LogP contribution in [0.25, 0.3) is 0 Å². The number of carbonyl (C=O) groups is 3. The molecule has 464 valence electrons. The number of allylic oxidation sites excluding steroid dienone is 4. The molecule has 7 aliphatic rings. The van der Waals surface area contributed by atoms with Crippen molar-refractivity contribution >= 4 is 17.7 Å². The fourth-order valence-electron chi connectivity index (χ4n) is 16.7. The van der Waals surface area contributed by atoms with Gasteiger partial charge in [0.15, 0.2) is 24.5 Å². The van der Waals surface area contributed by atoms with E-state index < -0.39 is 118 Å². The molecular weight excluding hydrogens is 1040 g/mol. The predicted molar refractivity (Wildman–Crippen MR) is 303 cm³/mol. The van der Waals surface area contributed by atoms with Gasteiger partial charge in [0, 0.05) is 73.8 Å². The number of hydrogen-bond acceptors (Lipinski definition) is 18. The Hall–Kier alpha value is -2.47. The van der Waals surface area contributed by atoms with E-state index in [4.69, 9.17) is 28.4 Å². The molecule has 7 rings (SSSR count). The molecule has 3 saturated heterocycles. The number of ether oxygens (including phenoxy) is 6. The molecule has 0 radical (unpaired) electrons. The molecule has 3 aliphatic heterocycles. The number of aliphatic hydroxyl groups excluding tert-OH is 4. The number of ketones is 1. The third-order valence-electron chi connectivity index (χ3n) is 22.0. The zero-order valence-corrected chi connectivity index (χ0v) is 51.7. The van der Waals surface area contributed by atoms with E-state index in [0.717, 1.165) is 12.0 Å². The van der Waals surface area contributed by atoms with Crippen LogP contribution < -0.4 is 5.32 Å². The minimum absolute atomic E-state index is 0.00269. The van der Waals surface area contributed by atoms with E-state index in [1.807, 2.05) is 78.4 Å². The topological polar surface area (TPSA) is 267 Å². The van der Waals surface area contributed by atoms with Crippen molar-refractivity contribution in [3.05, 3.63) is 23.8 Å². The Morgan fingerprint density at radius 2 is 1.62 bits per heavy atom. The van der Waals surface area contributed by atoms with Gasteiger partial charge in [-0.2, -0.15) is 0 Å². The standard InChI is InChI=1S/C62H105N3O16/c1-17-46-61(13,74)51(69)38(7)65(26-18-25-63-54(71)52(70)62(75)24-22-43-42-20-19-40-28-41(66)21-23-57(40,9)48(42)45(67)30-58(43,62)10)32-33(2)29-59(11,73)53(81-56-49(68)44(64(14)15)27-34(3)77-56)35(4)50(36(5)55(72)79-46)80-47-31-60(12,76-16)37(6)39(8)78-47/h21,23,28,33-39,42-53,56,67-70,73-75H,17-20,22,24-27,29-32H2,1-16H3,(H,63,71)/t33-,34?,35+,36-,37-,38-,39?,42?,43?,44-,45+,46-,47?,48?,49-,50+,51-,52?,53-,56?,57+,58+,59-,60+,61-,62+/m1/s1. The third-order valence-corrected chi connectivity index (χ3v) is 22.0. The van der Waals surface area contributed by atoms with Gasteiger partial charge >= 0.3 is 5.97 Å². The number of methoxy groups -OCH3 is 1. The number of esters is 1. The van der Waals surface area contributed by atoms with Gasteiger partial charge in [-0.3, -0.25) is 19.3 Å². The molecule has 0 bridgehead atoms. The van der Waals surface area contributed by atoms with Gasteiger partial charge in [-0.1, -0.05) is 53.2 Å². The van der Waals surface area contributed by atoms with E-state index in [-0.39, 0.29) is 98.9 Å². The summed E-state index contributed by atoms with van der Waals surface area (Å²) in [4.78, 5) is 45.1. The number of nitrogens with zero attached hydrogens (tertiary/aromatic N) is 2. The molecule has 26 atom stereocenters. The number of carbonyl (C=O) groups excluding carboxylic acids is 3. The van der Waals surface area contributed by atoms with Crippen LogP contribution >= 0.6 is 0 Å². The van der Waals surface area contributed by atoms with Crippen molar-refractivity contribution in [1.82, 2.24) is 15.1 Å². The van der Waals surface area contributed by atoms with E-state index in [1.165, 1.54) is 6.92 Å². The van der Waals surface area contributed by atoms with Gasteiger partial charge in [0.05, 0.1) is 47.6 Å². The normalized spacial score (nSPS) is 48.9. The Balaban J connectivity index is 1.13. The van der Waals surface area contributed by atoms with E-state index in [9.17, 15) is 50.1 Å². The maximum atomic E-state index is 14.8. The number of nitrogens with one attached hydrogen (secondary N) is 1. The smallest absolute Gasteiger partial charge is 0.311 e. The number of likely N-dealkylation sites (N-methyl/N-ethyl adjacent to an activating group) is 1. The SMILES string of the molecule is CC[C@H]1OC(=O)[C@H](C)[C@@H](OC2C[C@](C)(OC)[C@H](C)C(C)O2)[C@H](C)[C@@H](OC2OC(C)C[C@@H](N(C)C)[C@H]2O)[C@](C)(O)C[C@@H](C)CN(CCCNC(=O)C(O)[C@@]2(O)CCC3C4CCC5=CC(=O)C=C[C@]5(C)C4[C@@H](O)C[C@@]32C)[C@H](C)[C@@H](O)[C@]1(C)O. The maximum absolute atomic E-state index is 14.8. The molecule has 8 N–H and O–H groups in total. The van der Waals surface area contributed by atoms with Gasteiger partial charge < -0.3 is 74.4 Å². The summed E-state index contributed by atoms with van der Waals surface area (Å²) in [5, 5.41) is 88.8. The van der Waals surface area contributed by atoms with Crippen LogP contribution in [0.2, 0.25) is 0 Å². The molecule has 4 aliphatic carbocycles. The molecule has 3 heterocycles. The molecule has 1 amide bonds. The number of cyclic esters (lactones) is 1. The van der Waals surface area contributed by atoms with E-state index in [0.29, 0.717) is 32.1 Å². The highest BCUT2D eigenvalue weighted by Gasteiger charge is 2.69. The molecule has 19 nitrogen and oxygen atoms in total. The minimum Gasteiger partial charge on any atom is -0.459 e. The first-order valence-corrected chi connectivity index (χ1v) is 30.5. The number of hydrogen-bond donors (Lipinski definition) is 8. The van der Waals surface area contributed by atoms with Crippen LogP contribution in [-0.2, 0) is 42.8 Å². The van der Waals surface area contributed by atoms with Gasteiger partial charge in [0.2, 0.25) is 0 Å². The van der Waals surface area contributed by atoms with E-state index >= 15 is 0 Å². The minimum atomic E-state index is -1.98. The summed E-state index contributed by atoms with van der Waals surface area (Å²) < 4.78 is 39.0. The monoisotopic (exact) mass is 1150 g/mol. The Morgan fingerprint density at radius 3 is 2.26 bits per heavy atom. The van der Waals surface area contributed by atoms with Gasteiger partial charge in [-0.05, 0) is 150 Å². The number of amides is 1. The van der Waals surface area contributed by atoms with E-state index in [1.54, 1.807) is 47.0 Å². The molecular formula is C62H105N3O16. The van der Waals surface area contributed by atoms with Gasteiger partial charge in [0.1, 0.15) is 29.5 Å². The number of rotatable bonds is 13. The first kappa shape index (κ1) is 66.1. The molecule has 0 aromatic heterocycles. The van der Waals surface area contributed by atoms with Crippen LogP contribution in [-0.4, -0.2) is 206 Å². The zero-order chi connectivity index (χ0) is 60.3. The summed E-state index contributed by atoms with van der Waals surface area (Å²) in [6, 6.07) is -1.11. The average molecular weight is 1150 g/mol. The van der Waals surface area contributed by atoms with Crippen molar-refractivity contribution in [2.24, 2.45) is 52.3 Å². The molecule has 6 fully saturated rings. The fraction of sp³-hybridized carbons (Fsp3) is 0.887. The van der Waals surface area contributed by atoms with E-state index in [2.05, 4.69) is 12.2 Å². The molecule has 81 heavy (non-hydrogen) atoms. The van der Waals surface area contributed by atoms with Crippen LogP contribution in [0.15, 0.2) is 23.8 Å². The Kier molecular flexibility index (Phi) is 20.5. The lowest BCUT2D eigenvalue weighted by atomic mass is 9.46. The first-order chi connectivity index (χ1) is 37.6. The summed E-state index contributed by atoms with van der Waals surface area (Å²) in [6.45, 7) is 24.6.